The zero-order chi connectivity index (χ0) is 12.5. The zero-order valence-electron chi connectivity index (χ0n) is 9.97. The van der Waals surface area contributed by atoms with E-state index in [1.54, 1.807) is 0 Å². The lowest BCUT2D eigenvalue weighted by Gasteiger charge is -2.01. The molecule has 0 radical (unpaired) electrons. The van der Waals surface area contributed by atoms with E-state index in [0.717, 1.165) is 18.4 Å². The van der Waals surface area contributed by atoms with E-state index in [2.05, 4.69) is 28.2 Å². The maximum Gasteiger partial charge on any atom is 0.227 e. The van der Waals surface area contributed by atoms with Gasteiger partial charge in [0.2, 0.25) is 12.3 Å². The average Bonchev–Trinajstić information content (AvgIpc) is 2.43. The number of hydrogen-bond acceptors (Lipinski definition) is 1. The Morgan fingerprint density at radius 2 is 1.94 bits per heavy atom. The number of carbonyl (C=O) groups excluding carboxylic acids is 1. The molecule has 2 rings (SSSR count). The normalized spacial score (nSPS) is 13.4. The Hall–Kier alpha value is -1.22. The number of rotatable bonds is 3. The van der Waals surface area contributed by atoms with Gasteiger partial charge in [0, 0.05) is 12.0 Å². The topological polar surface area (TPSA) is 20.1 Å². The first-order valence-corrected chi connectivity index (χ1v) is 7.16. The van der Waals surface area contributed by atoms with Crippen LogP contribution in [0, 0.1) is 0 Å². The molecule has 1 aliphatic heterocycles. The summed E-state index contributed by atoms with van der Waals surface area (Å²) in [7, 11) is 0. The smallest absolute Gasteiger partial charge is 0.227 e. The molecule has 0 aliphatic carbocycles. The van der Waals surface area contributed by atoms with Gasteiger partial charge in [0.15, 0.2) is 6.20 Å². The molecular weight excluding hydrogens is 278 g/mol. The number of alkyl halides is 1. The van der Waals surface area contributed by atoms with Crippen LogP contribution in [0.1, 0.15) is 23.2 Å². The van der Waals surface area contributed by atoms with Crippen molar-refractivity contribution in [3.63, 3.8) is 0 Å². The van der Waals surface area contributed by atoms with Crippen LogP contribution >= 0.6 is 15.9 Å². The molecule has 3 heteroatoms. The Morgan fingerprint density at radius 1 is 1.24 bits per heavy atom. The number of halogens is 1. The number of allylic oxidation sites excluding steroid dienone is 1. The first-order chi connectivity index (χ1) is 8.36. The van der Waals surface area contributed by atoms with Gasteiger partial charge >= 0.3 is 0 Å². The fraction of sp³-hybridized carbons (Fsp3) is 0.286. The van der Waals surface area contributed by atoms with E-state index in [4.69, 9.17) is 0 Å². The van der Waals surface area contributed by atoms with Crippen molar-refractivity contribution in [3.8, 4) is 0 Å². The molecule has 0 bridgehead atoms. The summed E-state index contributed by atoms with van der Waals surface area (Å²) in [6.45, 7) is 0.445. The SMILES string of the molecule is CBr.O=C(C[N+]1=CCCC=C1)c1ccccc1. The van der Waals surface area contributed by atoms with E-state index in [1.165, 1.54) is 0 Å². The maximum atomic E-state index is 11.8. The number of ketones is 1. The molecule has 90 valence electrons. The van der Waals surface area contributed by atoms with Gasteiger partial charge in [-0.1, -0.05) is 46.3 Å². The van der Waals surface area contributed by atoms with E-state index in [1.807, 2.05) is 46.9 Å². The van der Waals surface area contributed by atoms with Crippen molar-refractivity contribution in [2.24, 2.45) is 0 Å². The molecule has 0 saturated carbocycles. The van der Waals surface area contributed by atoms with E-state index in [0.29, 0.717) is 6.54 Å². The molecule has 1 heterocycles. The summed E-state index contributed by atoms with van der Waals surface area (Å²) < 4.78 is 1.96. The number of benzene rings is 1. The second kappa shape index (κ2) is 7.96. The van der Waals surface area contributed by atoms with E-state index in [9.17, 15) is 4.79 Å². The van der Waals surface area contributed by atoms with Crippen molar-refractivity contribution in [3.05, 3.63) is 48.2 Å². The number of nitrogens with zero attached hydrogens (tertiary/aromatic N) is 1. The van der Waals surface area contributed by atoms with Crippen molar-refractivity contribution in [2.45, 2.75) is 12.8 Å². The summed E-state index contributed by atoms with van der Waals surface area (Å²) in [6, 6.07) is 9.42. The summed E-state index contributed by atoms with van der Waals surface area (Å²) >= 11 is 2.94. The lowest BCUT2D eigenvalue weighted by atomic mass is 10.1. The highest BCUT2D eigenvalue weighted by molar-refractivity contribution is 9.08. The predicted octanol–water partition coefficient (Wildman–Crippen LogP) is 3.27. The molecule has 0 unspecified atom stereocenters. The summed E-state index contributed by atoms with van der Waals surface area (Å²) in [5.74, 6) is 1.98. The number of hydrogen-bond donors (Lipinski definition) is 0. The van der Waals surface area contributed by atoms with Gasteiger partial charge in [-0.05, 0) is 18.3 Å². The predicted molar refractivity (Wildman–Crippen MR) is 75.2 cm³/mol. The minimum Gasteiger partial charge on any atom is -0.287 e. The molecule has 17 heavy (non-hydrogen) atoms. The number of carbonyl (C=O) groups is 1. The zero-order valence-corrected chi connectivity index (χ0v) is 11.6. The highest BCUT2D eigenvalue weighted by atomic mass is 79.9. The third-order valence-corrected chi connectivity index (χ3v) is 2.42. The van der Waals surface area contributed by atoms with Crippen LogP contribution < -0.4 is 0 Å². The molecule has 0 spiro atoms. The van der Waals surface area contributed by atoms with Crippen LogP contribution in [0.15, 0.2) is 42.6 Å². The molecule has 1 aromatic rings. The molecule has 0 N–H and O–H groups in total. The molecule has 2 nitrogen and oxygen atoms in total. The van der Waals surface area contributed by atoms with Gasteiger partial charge in [-0.2, -0.15) is 0 Å². The fourth-order valence-electron chi connectivity index (χ4n) is 1.61. The van der Waals surface area contributed by atoms with Crippen LogP contribution in [0.5, 0.6) is 0 Å². The van der Waals surface area contributed by atoms with E-state index < -0.39 is 0 Å². The molecule has 0 saturated heterocycles. The van der Waals surface area contributed by atoms with Gasteiger partial charge < -0.3 is 0 Å². The van der Waals surface area contributed by atoms with Gasteiger partial charge in [-0.25, -0.2) is 4.58 Å². The van der Waals surface area contributed by atoms with Crippen LogP contribution in [0.2, 0.25) is 0 Å². The molecular formula is C14H17BrNO+. The first kappa shape index (κ1) is 13.8. The van der Waals surface area contributed by atoms with Crippen molar-refractivity contribution >= 4 is 27.9 Å². The van der Waals surface area contributed by atoms with E-state index in [-0.39, 0.29) is 5.78 Å². The summed E-state index contributed by atoms with van der Waals surface area (Å²) in [5, 5.41) is 0. The van der Waals surface area contributed by atoms with Crippen molar-refractivity contribution < 1.29 is 9.37 Å². The largest absolute Gasteiger partial charge is 0.287 e. The second-order valence-corrected chi connectivity index (χ2v) is 3.61. The van der Waals surface area contributed by atoms with Crippen molar-refractivity contribution in [1.29, 1.82) is 0 Å². The van der Waals surface area contributed by atoms with Crippen LogP contribution in [0.3, 0.4) is 0 Å². The summed E-state index contributed by atoms with van der Waals surface area (Å²) in [5.41, 5.74) is 0.782. The summed E-state index contributed by atoms with van der Waals surface area (Å²) in [6.07, 6.45) is 8.25. The Labute approximate surface area is 111 Å². The quantitative estimate of drug-likeness (QED) is 0.476. The van der Waals surface area contributed by atoms with Crippen LogP contribution in [-0.4, -0.2) is 29.0 Å². The van der Waals surface area contributed by atoms with Gasteiger partial charge in [-0.3, -0.25) is 4.79 Å². The third kappa shape index (κ3) is 4.65. The third-order valence-electron chi connectivity index (χ3n) is 2.42. The van der Waals surface area contributed by atoms with Gasteiger partial charge in [-0.15, -0.1) is 0 Å². The highest BCUT2D eigenvalue weighted by Crippen LogP contribution is 2.02. The molecule has 0 fully saturated rings. The molecule has 0 aromatic heterocycles. The lowest BCUT2D eigenvalue weighted by Crippen LogP contribution is -2.18. The Balaban J connectivity index is 0.000000686. The fourth-order valence-corrected chi connectivity index (χ4v) is 1.61. The Kier molecular flexibility index (Phi) is 6.48. The Morgan fingerprint density at radius 3 is 2.53 bits per heavy atom. The number of Topliss-reactive ketones (excluding diaryl/α,β-unsaturated/α-hetero) is 1. The van der Waals surface area contributed by atoms with Crippen molar-refractivity contribution in [2.75, 3.05) is 12.4 Å². The van der Waals surface area contributed by atoms with E-state index >= 15 is 0 Å². The molecule has 1 aliphatic rings. The van der Waals surface area contributed by atoms with Crippen molar-refractivity contribution in [1.82, 2.24) is 0 Å². The average molecular weight is 295 g/mol. The van der Waals surface area contributed by atoms with Crippen LogP contribution in [-0.2, 0) is 0 Å². The molecule has 0 amide bonds. The second-order valence-electron chi connectivity index (χ2n) is 3.61. The minimum atomic E-state index is 0.165. The molecule has 1 aromatic carbocycles. The minimum absolute atomic E-state index is 0.165. The standard InChI is InChI=1S/C13H14NO.CH3Br/c15-13(12-7-3-1-4-8-12)11-14-9-5-2-6-10-14;1-2/h1,3-5,7-10H,2,6,11H2;1H3/q+1;. The lowest BCUT2D eigenvalue weighted by molar-refractivity contribution is -0.439. The molecule has 0 atom stereocenters. The van der Waals surface area contributed by atoms with Gasteiger partial charge in [0.25, 0.3) is 0 Å². The van der Waals surface area contributed by atoms with Crippen LogP contribution in [0.25, 0.3) is 0 Å². The van der Waals surface area contributed by atoms with Crippen LogP contribution in [0.4, 0.5) is 0 Å². The first-order valence-electron chi connectivity index (χ1n) is 5.58. The highest BCUT2D eigenvalue weighted by Gasteiger charge is 2.12. The maximum absolute atomic E-state index is 11.8. The van der Waals surface area contributed by atoms with Gasteiger partial charge in [0.05, 0.1) is 0 Å². The monoisotopic (exact) mass is 294 g/mol. The van der Waals surface area contributed by atoms with Gasteiger partial charge in [0.1, 0.15) is 6.21 Å². The Bertz CT molecular complexity index is 409. The summed E-state index contributed by atoms with van der Waals surface area (Å²) in [4.78, 5) is 11.8.